The van der Waals surface area contributed by atoms with Gasteiger partial charge in [-0.3, -0.25) is 20.4 Å². The fourth-order valence-corrected chi connectivity index (χ4v) is 3.77. The number of hydrogen-bond acceptors (Lipinski definition) is 4. The van der Waals surface area contributed by atoms with Crippen molar-refractivity contribution in [3.63, 3.8) is 0 Å². The van der Waals surface area contributed by atoms with Crippen LogP contribution in [-0.2, 0) is 17.0 Å². The molecule has 6 nitrogen and oxygen atoms in total. The number of para-hydroxylation sites is 2. The summed E-state index contributed by atoms with van der Waals surface area (Å²) in [6, 6.07) is 20.6. The van der Waals surface area contributed by atoms with Crippen LogP contribution in [0, 0.1) is 5.82 Å². The zero-order valence-corrected chi connectivity index (χ0v) is 17.2. The monoisotopic (exact) mass is 434 g/mol. The van der Waals surface area contributed by atoms with Gasteiger partial charge in [0.25, 0.3) is 5.91 Å². The van der Waals surface area contributed by atoms with Gasteiger partial charge in [-0.2, -0.15) is 0 Å². The molecule has 0 atom stereocenters. The fourth-order valence-electron chi connectivity index (χ4n) is 2.93. The summed E-state index contributed by atoms with van der Waals surface area (Å²) in [7, 11) is 0. The summed E-state index contributed by atoms with van der Waals surface area (Å²) in [5.74, 6) is -0.462. The maximum atomic E-state index is 12.9. The molecule has 1 heterocycles. The highest BCUT2D eigenvalue weighted by molar-refractivity contribution is 7.98. The predicted molar refractivity (Wildman–Crippen MR) is 118 cm³/mol. The van der Waals surface area contributed by atoms with Gasteiger partial charge in [0, 0.05) is 11.3 Å². The van der Waals surface area contributed by atoms with Crippen LogP contribution < -0.4 is 10.9 Å². The van der Waals surface area contributed by atoms with Gasteiger partial charge in [-0.1, -0.05) is 48.2 Å². The number of nitrogens with zero attached hydrogens (tertiary/aromatic N) is 1. The molecule has 3 aromatic carbocycles. The van der Waals surface area contributed by atoms with Crippen LogP contribution in [0.3, 0.4) is 0 Å². The van der Waals surface area contributed by atoms with E-state index in [1.807, 2.05) is 36.4 Å². The molecular formula is C23H19FN4O2S. The number of rotatable bonds is 6. The van der Waals surface area contributed by atoms with Crippen LogP contribution >= 0.6 is 11.8 Å². The highest BCUT2D eigenvalue weighted by Crippen LogP contribution is 2.23. The molecule has 0 aliphatic rings. The topological polar surface area (TPSA) is 86.9 Å². The second-order valence-corrected chi connectivity index (χ2v) is 7.81. The molecule has 31 heavy (non-hydrogen) atoms. The van der Waals surface area contributed by atoms with Crippen LogP contribution in [0.2, 0.25) is 0 Å². The Morgan fingerprint density at radius 1 is 0.903 bits per heavy atom. The van der Waals surface area contributed by atoms with E-state index < -0.39 is 5.91 Å². The fraction of sp³-hybridized carbons (Fsp3) is 0.0870. The maximum Gasteiger partial charge on any atom is 0.269 e. The molecule has 4 rings (SSSR count). The molecule has 0 aliphatic heterocycles. The number of benzene rings is 3. The molecule has 0 saturated carbocycles. The summed E-state index contributed by atoms with van der Waals surface area (Å²) in [5, 5.41) is 0.840. The van der Waals surface area contributed by atoms with E-state index in [-0.39, 0.29) is 18.1 Å². The van der Waals surface area contributed by atoms with Crippen LogP contribution in [0.5, 0.6) is 0 Å². The van der Waals surface area contributed by atoms with Gasteiger partial charge in [0.15, 0.2) is 5.16 Å². The molecule has 2 amide bonds. The number of thioether (sulfide) groups is 1. The van der Waals surface area contributed by atoms with Crippen molar-refractivity contribution in [3.8, 4) is 0 Å². The molecule has 0 saturated heterocycles. The van der Waals surface area contributed by atoms with Crippen molar-refractivity contribution in [1.82, 2.24) is 20.8 Å². The first-order chi connectivity index (χ1) is 15.1. The highest BCUT2D eigenvalue weighted by atomic mass is 32.2. The minimum absolute atomic E-state index is 0.0402. The number of carbonyl (C=O) groups excluding carboxylic acids is 2. The van der Waals surface area contributed by atoms with Crippen LogP contribution in [0.25, 0.3) is 11.0 Å². The largest absolute Gasteiger partial charge is 0.333 e. The molecular weight excluding hydrogens is 415 g/mol. The van der Waals surface area contributed by atoms with Crippen molar-refractivity contribution >= 4 is 34.6 Å². The van der Waals surface area contributed by atoms with Crippen LogP contribution in [-0.4, -0.2) is 21.8 Å². The number of H-pyrrole nitrogens is 1. The Bertz CT molecular complexity index is 1170. The molecule has 156 valence electrons. The van der Waals surface area contributed by atoms with Crippen LogP contribution in [0.1, 0.15) is 21.5 Å². The highest BCUT2D eigenvalue weighted by Gasteiger charge is 2.09. The van der Waals surface area contributed by atoms with E-state index in [1.54, 1.807) is 23.9 Å². The van der Waals surface area contributed by atoms with Crippen molar-refractivity contribution < 1.29 is 14.0 Å². The Hall–Kier alpha value is -3.65. The van der Waals surface area contributed by atoms with E-state index in [2.05, 4.69) is 20.8 Å². The van der Waals surface area contributed by atoms with Gasteiger partial charge in [-0.15, -0.1) is 0 Å². The second-order valence-electron chi connectivity index (χ2n) is 6.85. The number of aromatic nitrogens is 2. The third-order valence-corrected chi connectivity index (χ3v) is 5.50. The van der Waals surface area contributed by atoms with E-state index in [9.17, 15) is 14.0 Å². The summed E-state index contributed by atoms with van der Waals surface area (Å²) in [5.41, 5.74) is 8.81. The van der Waals surface area contributed by atoms with E-state index in [1.165, 1.54) is 24.3 Å². The number of amides is 2. The Kier molecular flexibility index (Phi) is 6.28. The van der Waals surface area contributed by atoms with Crippen molar-refractivity contribution in [2.45, 2.75) is 17.3 Å². The molecule has 8 heteroatoms. The van der Waals surface area contributed by atoms with E-state index in [0.29, 0.717) is 16.9 Å². The minimum atomic E-state index is -0.413. The Morgan fingerprint density at radius 3 is 2.35 bits per heavy atom. The molecule has 1 aromatic heterocycles. The lowest BCUT2D eigenvalue weighted by Crippen LogP contribution is -2.42. The Balaban J connectivity index is 1.26. The summed E-state index contributed by atoms with van der Waals surface area (Å²) < 4.78 is 12.9. The molecule has 0 radical (unpaired) electrons. The van der Waals surface area contributed by atoms with Crippen molar-refractivity contribution in [3.05, 3.63) is 95.3 Å². The lowest BCUT2D eigenvalue weighted by molar-refractivity contribution is -0.121. The number of aromatic amines is 1. The van der Waals surface area contributed by atoms with Gasteiger partial charge in [-0.25, -0.2) is 9.37 Å². The third kappa shape index (κ3) is 5.49. The second kappa shape index (κ2) is 9.44. The summed E-state index contributed by atoms with van der Waals surface area (Å²) in [6.07, 6.45) is 0.0402. The first-order valence-corrected chi connectivity index (χ1v) is 10.6. The number of fused-ring (bicyclic) bond motifs is 1. The number of carbonyl (C=O) groups is 2. The van der Waals surface area contributed by atoms with Gasteiger partial charge >= 0.3 is 0 Å². The standard InChI is InChI=1S/C23H19FN4O2S/c24-18-11-7-15(8-12-18)13-21(29)27-28-22(30)17-9-5-16(6-10-17)14-31-23-25-19-3-1-2-4-20(19)26-23/h1-12H,13-14H2,(H,25,26)(H,27,29)(H,28,30). The minimum Gasteiger partial charge on any atom is -0.333 e. The molecule has 0 bridgehead atoms. The molecule has 0 spiro atoms. The molecule has 0 fully saturated rings. The molecule has 3 N–H and O–H groups in total. The first kappa shape index (κ1) is 20.6. The van der Waals surface area contributed by atoms with Gasteiger partial charge in [0.2, 0.25) is 5.91 Å². The summed E-state index contributed by atoms with van der Waals surface area (Å²) >= 11 is 1.58. The Labute approximate surface area is 182 Å². The molecule has 0 unspecified atom stereocenters. The van der Waals surface area contributed by atoms with Crippen molar-refractivity contribution in [1.29, 1.82) is 0 Å². The lowest BCUT2D eigenvalue weighted by Gasteiger charge is -2.08. The number of hydrazine groups is 1. The van der Waals surface area contributed by atoms with E-state index in [0.717, 1.165) is 21.8 Å². The van der Waals surface area contributed by atoms with Crippen molar-refractivity contribution in [2.75, 3.05) is 0 Å². The number of nitrogens with one attached hydrogen (secondary N) is 3. The number of halogens is 1. The average Bonchev–Trinajstić information content (AvgIpc) is 3.21. The average molecular weight is 434 g/mol. The smallest absolute Gasteiger partial charge is 0.269 e. The molecule has 0 aliphatic carbocycles. The normalized spacial score (nSPS) is 10.7. The van der Waals surface area contributed by atoms with E-state index in [4.69, 9.17) is 0 Å². The molecule has 4 aromatic rings. The number of hydrogen-bond donors (Lipinski definition) is 3. The van der Waals surface area contributed by atoms with Crippen molar-refractivity contribution in [2.24, 2.45) is 0 Å². The number of imidazole rings is 1. The van der Waals surface area contributed by atoms with Gasteiger partial charge in [-0.05, 0) is 47.5 Å². The predicted octanol–water partition coefficient (Wildman–Crippen LogP) is 4.00. The SMILES string of the molecule is O=C(Cc1ccc(F)cc1)NNC(=O)c1ccc(CSc2nc3ccccc3[nH]2)cc1. The summed E-state index contributed by atoms with van der Waals surface area (Å²) in [6.45, 7) is 0. The zero-order chi connectivity index (χ0) is 21.6. The van der Waals surface area contributed by atoms with Crippen LogP contribution in [0.4, 0.5) is 4.39 Å². The quantitative estimate of drug-likeness (QED) is 0.316. The van der Waals surface area contributed by atoms with Gasteiger partial charge < -0.3 is 4.98 Å². The van der Waals surface area contributed by atoms with E-state index >= 15 is 0 Å². The summed E-state index contributed by atoms with van der Waals surface area (Å²) in [4.78, 5) is 32.0. The first-order valence-electron chi connectivity index (χ1n) is 9.57. The van der Waals surface area contributed by atoms with Crippen LogP contribution in [0.15, 0.2) is 78.0 Å². The Morgan fingerprint density at radius 2 is 1.61 bits per heavy atom. The van der Waals surface area contributed by atoms with Gasteiger partial charge in [0.1, 0.15) is 5.82 Å². The lowest BCUT2D eigenvalue weighted by atomic mass is 10.1. The van der Waals surface area contributed by atoms with Gasteiger partial charge in [0.05, 0.1) is 17.5 Å². The zero-order valence-electron chi connectivity index (χ0n) is 16.4. The third-order valence-electron chi connectivity index (χ3n) is 4.55. The maximum absolute atomic E-state index is 12.9.